The first-order chi connectivity index (χ1) is 7.58. The lowest BCUT2D eigenvalue weighted by molar-refractivity contribution is 0.0566. The lowest BCUT2D eigenvalue weighted by Gasteiger charge is -1.99. The van der Waals surface area contributed by atoms with Crippen LogP contribution >= 0.6 is 0 Å². The van der Waals surface area contributed by atoms with Gasteiger partial charge in [0.2, 0.25) is 0 Å². The van der Waals surface area contributed by atoms with Crippen LogP contribution in [0.25, 0.3) is 5.69 Å². The summed E-state index contributed by atoms with van der Waals surface area (Å²) >= 11 is 0. The molecule has 2 heterocycles. The Morgan fingerprint density at radius 2 is 2.06 bits per heavy atom. The van der Waals surface area contributed by atoms with Crippen molar-refractivity contribution in [1.82, 2.24) is 19.6 Å². The molecule has 0 fully saturated rings. The van der Waals surface area contributed by atoms with Crippen molar-refractivity contribution in [2.24, 2.45) is 0 Å². The maximum atomic E-state index is 12.3. The van der Waals surface area contributed by atoms with Gasteiger partial charge in [-0.05, 0) is 12.0 Å². The first-order valence-corrected chi connectivity index (χ1v) is 4.96. The van der Waals surface area contributed by atoms with Gasteiger partial charge in [0.25, 0.3) is 0 Å². The second kappa shape index (κ2) is 4.03. The van der Waals surface area contributed by atoms with E-state index < -0.39 is 6.55 Å². The number of rotatable bonds is 3. The third-order valence-corrected chi connectivity index (χ3v) is 2.25. The van der Waals surface area contributed by atoms with Gasteiger partial charge in [-0.1, -0.05) is 13.8 Å². The normalized spacial score (nSPS) is 11.6. The topological polar surface area (TPSA) is 35.6 Å². The van der Waals surface area contributed by atoms with Crippen LogP contribution in [0.2, 0.25) is 0 Å². The molecule has 0 aliphatic heterocycles. The van der Waals surface area contributed by atoms with Crippen LogP contribution in [-0.4, -0.2) is 19.6 Å². The molecule has 0 atom stereocenters. The average molecular weight is 226 g/mol. The fraction of sp³-hybridized carbons (Fsp3) is 0.400. The van der Waals surface area contributed by atoms with E-state index in [1.165, 1.54) is 12.4 Å². The lowest BCUT2D eigenvalue weighted by Crippen LogP contribution is -1.98. The average Bonchev–Trinajstić information content (AvgIpc) is 2.86. The minimum absolute atomic E-state index is 0.311. The molecule has 2 aromatic rings. The van der Waals surface area contributed by atoms with Gasteiger partial charge < -0.3 is 0 Å². The van der Waals surface area contributed by atoms with Crippen LogP contribution in [0.3, 0.4) is 0 Å². The van der Waals surface area contributed by atoms with E-state index in [0.717, 1.165) is 5.69 Å². The minimum atomic E-state index is -2.62. The van der Waals surface area contributed by atoms with Crippen LogP contribution in [-0.2, 0) is 0 Å². The molecule has 2 rings (SSSR count). The summed E-state index contributed by atoms with van der Waals surface area (Å²) in [6.07, 6.45) is 4.37. The third kappa shape index (κ3) is 1.95. The number of hydrogen-bond donors (Lipinski definition) is 0. The van der Waals surface area contributed by atoms with Gasteiger partial charge in [0.1, 0.15) is 5.69 Å². The zero-order valence-electron chi connectivity index (χ0n) is 9.01. The van der Waals surface area contributed by atoms with Gasteiger partial charge in [-0.2, -0.15) is 19.0 Å². The quantitative estimate of drug-likeness (QED) is 0.806. The second-order valence-electron chi connectivity index (χ2n) is 3.80. The smallest absolute Gasteiger partial charge is 0.238 e. The number of alkyl halides is 2. The lowest BCUT2D eigenvalue weighted by atomic mass is 10.1. The third-order valence-electron chi connectivity index (χ3n) is 2.25. The number of nitrogens with zero attached hydrogens (tertiary/aromatic N) is 4. The molecule has 0 N–H and O–H groups in total. The summed E-state index contributed by atoms with van der Waals surface area (Å²) in [4.78, 5) is 0. The summed E-state index contributed by atoms with van der Waals surface area (Å²) in [5.74, 6) is 0.311. The standard InChI is InChI=1S/C10H12F2N4/c1-7(2)9-3-4-15(14-9)8-5-13-16(6-8)10(11)12/h3-7,10H,1-2H3. The Morgan fingerprint density at radius 3 is 2.56 bits per heavy atom. The fourth-order valence-corrected chi connectivity index (χ4v) is 1.34. The number of halogens is 2. The maximum absolute atomic E-state index is 12.3. The highest BCUT2D eigenvalue weighted by atomic mass is 19.3. The molecule has 2 aromatic heterocycles. The zero-order valence-corrected chi connectivity index (χ0v) is 9.01. The van der Waals surface area contributed by atoms with Crippen LogP contribution in [0, 0.1) is 0 Å². The Balaban J connectivity index is 2.28. The second-order valence-corrected chi connectivity index (χ2v) is 3.80. The number of aromatic nitrogens is 4. The van der Waals surface area contributed by atoms with E-state index in [9.17, 15) is 8.78 Å². The van der Waals surface area contributed by atoms with E-state index in [-0.39, 0.29) is 0 Å². The van der Waals surface area contributed by atoms with Crippen LogP contribution in [0.5, 0.6) is 0 Å². The van der Waals surface area contributed by atoms with Gasteiger partial charge in [0, 0.05) is 6.20 Å². The summed E-state index contributed by atoms with van der Waals surface area (Å²) in [6.45, 7) is 1.43. The van der Waals surface area contributed by atoms with E-state index in [1.54, 1.807) is 10.9 Å². The first kappa shape index (κ1) is 10.8. The van der Waals surface area contributed by atoms with Crippen LogP contribution in [0.15, 0.2) is 24.7 Å². The Morgan fingerprint density at radius 1 is 1.31 bits per heavy atom. The monoisotopic (exact) mass is 226 g/mol. The Hall–Kier alpha value is -1.72. The van der Waals surface area contributed by atoms with E-state index in [2.05, 4.69) is 10.2 Å². The molecule has 0 saturated heterocycles. The largest absolute Gasteiger partial charge is 0.333 e. The van der Waals surface area contributed by atoms with Gasteiger partial charge in [-0.25, -0.2) is 9.36 Å². The van der Waals surface area contributed by atoms with Crippen molar-refractivity contribution < 1.29 is 8.78 Å². The van der Waals surface area contributed by atoms with Crippen LogP contribution in [0.1, 0.15) is 32.0 Å². The highest BCUT2D eigenvalue weighted by molar-refractivity contribution is 5.25. The molecular weight excluding hydrogens is 214 g/mol. The molecule has 0 bridgehead atoms. The van der Waals surface area contributed by atoms with Gasteiger partial charge in [0.05, 0.1) is 18.1 Å². The highest BCUT2D eigenvalue weighted by Crippen LogP contribution is 2.15. The zero-order chi connectivity index (χ0) is 11.7. The number of hydrogen-bond acceptors (Lipinski definition) is 2. The summed E-state index contributed by atoms with van der Waals surface area (Å²) in [7, 11) is 0. The SMILES string of the molecule is CC(C)c1ccn(-c2cnn(C(F)F)c2)n1. The summed E-state index contributed by atoms with van der Waals surface area (Å²) in [5.41, 5.74) is 1.46. The predicted molar refractivity (Wildman–Crippen MR) is 54.7 cm³/mol. The van der Waals surface area contributed by atoms with Gasteiger partial charge in [-0.15, -0.1) is 0 Å². The van der Waals surface area contributed by atoms with Gasteiger partial charge >= 0.3 is 6.55 Å². The van der Waals surface area contributed by atoms with E-state index >= 15 is 0 Å². The minimum Gasteiger partial charge on any atom is -0.238 e. The summed E-state index contributed by atoms with van der Waals surface area (Å²) in [6, 6.07) is 1.87. The molecule has 0 aliphatic carbocycles. The Kier molecular flexibility index (Phi) is 2.72. The Bertz CT molecular complexity index is 428. The summed E-state index contributed by atoms with van der Waals surface area (Å²) < 4.78 is 26.7. The van der Waals surface area contributed by atoms with Crippen molar-refractivity contribution in [3.05, 3.63) is 30.4 Å². The first-order valence-electron chi connectivity index (χ1n) is 4.96. The molecule has 6 heteroatoms. The van der Waals surface area contributed by atoms with Crippen molar-refractivity contribution in [3.63, 3.8) is 0 Å². The van der Waals surface area contributed by atoms with Crippen molar-refractivity contribution in [3.8, 4) is 5.69 Å². The van der Waals surface area contributed by atoms with Crippen molar-refractivity contribution in [2.75, 3.05) is 0 Å². The molecule has 86 valence electrons. The molecule has 0 saturated carbocycles. The van der Waals surface area contributed by atoms with Gasteiger partial charge in [-0.3, -0.25) is 0 Å². The molecular formula is C10H12F2N4. The van der Waals surface area contributed by atoms with E-state index in [4.69, 9.17) is 0 Å². The predicted octanol–water partition coefficient (Wildman–Crippen LogP) is 2.59. The highest BCUT2D eigenvalue weighted by Gasteiger charge is 2.10. The van der Waals surface area contributed by atoms with Crippen molar-refractivity contribution in [1.29, 1.82) is 0 Å². The summed E-state index contributed by atoms with van der Waals surface area (Å²) in [5, 5.41) is 7.82. The molecule has 0 spiro atoms. The molecule has 0 aromatic carbocycles. The fourth-order valence-electron chi connectivity index (χ4n) is 1.34. The van der Waals surface area contributed by atoms with Gasteiger partial charge in [0.15, 0.2) is 0 Å². The molecule has 0 amide bonds. The van der Waals surface area contributed by atoms with Crippen molar-refractivity contribution >= 4 is 0 Å². The molecule has 0 unspecified atom stereocenters. The van der Waals surface area contributed by atoms with Crippen LogP contribution < -0.4 is 0 Å². The van der Waals surface area contributed by atoms with E-state index in [1.807, 2.05) is 19.9 Å². The molecule has 16 heavy (non-hydrogen) atoms. The molecule has 0 radical (unpaired) electrons. The molecule has 0 aliphatic rings. The maximum Gasteiger partial charge on any atom is 0.333 e. The van der Waals surface area contributed by atoms with Crippen molar-refractivity contribution in [2.45, 2.75) is 26.3 Å². The van der Waals surface area contributed by atoms with Crippen LogP contribution in [0.4, 0.5) is 8.78 Å². The van der Waals surface area contributed by atoms with E-state index in [0.29, 0.717) is 16.3 Å². The molecule has 4 nitrogen and oxygen atoms in total. The Labute approximate surface area is 91.5 Å².